The second kappa shape index (κ2) is 5.97. The summed E-state index contributed by atoms with van der Waals surface area (Å²) < 4.78 is 23.1. The second-order valence-corrected chi connectivity index (χ2v) is 7.09. The average molecular weight is 314 g/mol. The van der Waals surface area contributed by atoms with Crippen LogP contribution in [0.2, 0.25) is 5.02 Å². The quantitative estimate of drug-likeness (QED) is 0.859. The topological polar surface area (TPSA) is 54.5 Å². The number of anilines is 1. The fraction of sp³-hybridized carbons (Fsp3) is 0.357. The maximum absolute atomic E-state index is 12.3. The maximum atomic E-state index is 12.3. The van der Waals surface area contributed by atoms with E-state index >= 15 is 0 Å². The van der Waals surface area contributed by atoms with E-state index in [1.807, 2.05) is 6.92 Å². The molecule has 0 saturated carbocycles. The molecule has 2 rings (SSSR count). The lowest BCUT2D eigenvalue weighted by atomic mass is 10.2. The Morgan fingerprint density at radius 2 is 2.20 bits per heavy atom. The molecule has 0 aliphatic carbocycles. The smallest absolute Gasteiger partial charge is 0.227 e. The minimum Gasteiger partial charge on any atom is -0.304 e. The van der Waals surface area contributed by atoms with Crippen LogP contribution in [0.1, 0.15) is 19.8 Å². The molecule has 1 aromatic rings. The van der Waals surface area contributed by atoms with E-state index in [0.717, 1.165) is 0 Å². The van der Waals surface area contributed by atoms with E-state index in [9.17, 15) is 13.2 Å². The lowest BCUT2D eigenvalue weighted by Gasteiger charge is -2.27. The van der Waals surface area contributed by atoms with E-state index in [1.54, 1.807) is 30.3 Å². The number of carbonyl (C=O) groups is 1. The van der Waals surface area contributed by atoms with Gasteiger partial charge >= 0.3 is 0 Å². The Balaban J connectivity index is 2.36. The van der Waals surface area contributed by atoms with E-state index in [4.69, 9.17) is 11.6 Å². The predicted molar refractivity (Wildman–Crippen MR) is 80.6 cm³/mol. The molecule has 0 radical (unpaired) electrons. The first-order valence-electron chi connectivity index (χ1n) is 6.41. The Bertz CT molecular complexity index is 640. The molecule has 0 fully saturated rings. The molecule has 0 spiro atoms. The molecule has 20 heavy (non-hydrogen) atoms. The van der Waals surface area contributed by atoms with Gasteiger partial charge in [-0.25, -0.2) is 8.42 Å². The molecule has 0 bridgehead atoms. The summed E-state index contributed by atoms with van der Waals surface area (Å²) in [5.41, 5.74) is 0.628. The van der Waals surface area contributed by atoms with Gasteiger partial charge < -0.3 is 4.90 Å². The Hall–Kier alpha value is -1.33. The zero-order valence-corrected chi connectivity index (χ0v) is 12.7. The van der Waals surface area contributed by atoms with Gasteiger partial charge in [-0.3, -0.25) is 4.79 Å². The van der Waals surface area contributed by atoms with Crippen molar-refractivity contribution in [2.75, 3.05) is 10.7 Å². The SMILES string of the molecule is CCCC(=O)N(c1cccc(Cl)c1)[C@@H]1C=CS(=O)(=O)C1. The number of rotatable bonds is 4. The molecule has 1 heterocycles. The minimum atomic E-state index is -3.21. The van der Waals surface area contributed by atoms with E-state index in [1.165, 1.54) is 10.3 Å². The van der Waals surface area contributed by atoms with Crippen molar-refractivity contribution >= 4 is 33.0 Å². The van der Waals surface area contributed by atoms with Crippen molar-refractivity contribution in [2.24, 2.45) is 0 Å². The van der Waals surface area contributed by atoms with Crippen molar-refractivity contribution < 1.29 is 13.2 Å². The van der Waals surface area contributed by atoms with Crippen LogP contribution < -0.4 is 4.90 Å². The van der Waals surface area contributed by atoms with Crippen LogP contribution in [0.15, 0.2) is 35.7 Å². The number of sulfone groups is 1. The molecule has 1 aliphatic heterocycles. The summed E-state index contributed by atoms with van der Waals surface area (Å²) in [5.74, 6) is -0.170. The monoisotopic (exact) mass is 313 g/mol. The highest BCUT2D eigenvalue weighted by Gasteiger charge is 2.30. The van der Waals surface area contributed by atoms with Gasteiger partial charge in [0.25, 0.3) is 0 Å². The number of hydrogen-bond acceptors (Lipinski definition) is 3. The van der Waals surface area contributed by atoms with Crippen molar-refractivity contribution in [3.05, 3.63) is 40.8 Å². The molecule has 0 aromatic heterocycles. The molecule has 0 N–H and O–H groups in total. The summed E-state index contributed by atoms with van der Waals surface area (Å²) in [6.07, 6.45) is 2.64. The van der Waals surface area contributed by atoms with E-state index in [0.29, 0.717) is 23.6 Å². The first kappa shape index (κ1) is 15.1. The summed E-state index contributed by atoms with van der Waals surface area (Å²) in [7, 11) is -3.21. The van der Waals surface area contributed by atoms with Crippen LogP contribution in [0.3, 0.4) is 0 Å². The van der Waals surface area contributed by atoms with Gasteiger partial charge in [0, 0.05) is 22.5 Å². The Kier molecular flexibility index (Phi) is 4.50. The van der Waals surface area contributed by atoms with Gasteiger partial charge in [0.05, 0.1) is 11.8 Å². The third-order valence-electron chi connectivity index (χ3n) is 3.06. The molecular weight excluding hydrogens is 298 g/mol. The van der Waals surface area contributed by atoms with Gasteiger partial charge in [-0.2, -0.15) is 0 Å². The fourth-order valence-corrected chi connectivity index (χ4v) is 3.65. The molecule has 1 amide bonds. The molecule has 1 aromatic carbocycles. The first-order chi connectivity index (χ1) is 9.43. The molecular formula is C14H16ClNO3S. The van der Waals surface area contributed by atoms with E-state index in [-0.39, 0.29) is 11.7 Å². The molecule has 0 unspecified atom stereocenters. The third-order valence-corrected chi connectivity index (χ3v) is 4.67. The van der Waals surface area contributed by atoms with E-state index < -0.39 is 15.9 Å². The number of carbonyl (C=O) groups excluding carboxylic acids is 1. The Morgan fingerprint density at radius 3 is 2.75 bits per heavy atom. The summed E-state index contributed by atoms with van der Waals surface area (Å²) in [4.78, 5) is 13.8. The highest BCUT2D eigenvalue weighted by atomic mass is 35.5. The summed E-state index contributed by atoms with van der Waals surface area (Å²) in [6, 6.07) is 6.44. The fourth-order valence-electron chi connectivity index (χ4n) is 2.20. The van der Waals surface area contributed by atoms with Gasteiger partial charge in [0.15, 0.2) is 9.84 Å². The molecule has 4 nitrogen and oxygen atoms in total. The summed E-state index contributed by atoms with van der Waals surface area (Å²) in [6.45, 7) is 1.91. The zero-order chi connectivity index (χ0) is 14.8. The van der Waals surface area contributed by atoms with Gasteiger partial charge in [-0.05, 0) is 30.7 Å². The molecule has 1 aliphatic rings. The van der Waals surface area contributed by atoms with Crippen LogP contribution in [-0.2, 0) is 14.6 Å². The second-order valence-electron chi connectivity index (χ2n) is 4.72. The standard InChI is InChI=1S/C14H16ClNO3S/c1-2-4-14(17)16(12-6-3-5-11(15)9-12)13-7-8-20(18,19)10-13/h3,5-9,13H,2,4,10H2,1H3/t13-/m1/s1. The number of benzene rings is 1. The number of halogens is 1. The van der Waals surface area contributed by atoms with Crippen LogP contribution in [-0.4, -0.2) is 26.1 Å². The number of hydrogen-bond donors (Lipinski definition) is 0. The van der Waals surface area contributed by atoms with E-state index in [2.05, 4.69) is 0 Å². The zero-order valence-electron chi connectivity index (χ0n) is 11.1. The molecule has 0 saturated heterocycles. The van der Waals surface area contributed by atoms with Crippen molar-refractivity contribution in [3.8, 4) is 0 Å². The van der Waals surface area contributed by atoms with Crippen molar-refractivity contribution in [2.45, 2.75) is 25.8 Å². The maximum Gasteiger partial charge on any atom is 0.227 e. The first-order valence-corrected chi connectivity index (χ1v) is 8.51. The number of amides is 1. The van der Waals surface area contributed by atoms with Crippen LogP contribution >= 0.6 is 11.6 Å². The van der Waals surface area contributed by atoms with Crippen molar-refractivity contribution in [1.29, 1.82) is 0 Å². The van der Waals surface area contributed by atoms with Crippen molar-refractivity contribution in [3.63, 3.8) is 0 Å². The Morgan fingerprint density at radius 1 is 1.45 bits per heavy atom. The lowest BCUT2D eigenvalue weighted by molar-refractivity contribution is -0.118. The predicted octanol–water partition coefficient (Wildman–Crippen LogP) is 2.78. The van der Waals surface area contributed by atoms with Crippen LogP contribution in [0.25, 0.3) is 0 Å². The molecule has 6 heteroatoms. The molecule has 108 valence electrons. The highest BCUT2D eigenvalue weighted by Crippen LogP contribution is 2.26. The van der Waals surface area contributed by atoms with Crippen LogP contribution in [0.4, 0.5) is 5.69 Å². The van der Waals surface area contributed by atoms with Gasteiger partial charge in [0.1, 0.15) is 0 Å². The lowest BCUT2D eigenvalue weighted by Crippen LogP contribution is -2.41. The van der Waals surface area contributed by atoms with Crippen LogP contribution in [0.5, 0.6) is 0 Å². The van der Waals surface area contributed by atoms with Gasteiger partial charge in [0.2, 0.25) is 5.91 Å². The number of nitrogens with zero attached hydrogens (tertiary/aromatic N) is 1. The average Bonchev–Trinajstić information content (AvgIpc) is 2.70. The molecule has 1 atom stereocenters. The largest absolute Gasteiger partial charge is 0.304 e. The van der Waals surface area contributed by atoms with Crippen molar-refractivity contribution in [1.82, 2.24) is 0 Å². The Labute approximate surface area is 124 Å². The third kappa shape index (κ3) is 3.41. The highest BCUT2D eigenvalue weighted by molar-refractivity contribution is 7.94. The summed E-state index contributed by atoms with van der Waals surface area (Å²) in [5, 5.41) is 1.69. The minimum absolute atomic E-state index is 0.0744. The van der Waals surface area contributed by atoms with Crippen LogP contribution in [0, 0.1) is 0 Å². The van der Waals surface area contributed by atoms with Gasteiger partial charge in [-0.15, -0.1) is 0 Å². The normalized spacial score (nSPS) is 20.0. The summed E-state index contributed by atoms with van der Waals surface area (Å²) >= 11 is 5.96. The van der Waals surface area contributed by atoms with Gasteiger partial charge in [-0.1, -0.05) is 24.6 Å².